The molecular formula is C22H34O2. The summed E-state index contributed by atoms with van der Waals surface area (Å²) in [6.07, 6.45) is 12.9. The van der Waals surface area contributed by atoms with E-state index in [0.717, 1.165) is 43.3 Å². The van der Waals surface area contributed by atoms with E-state index in [2.05, 4.69) is 32.9 Å². The third kappa shape index (κ3) is 2.11. The first-order valence-electron chi connectivity index (χ1n) is 10.1. The Balaban J connectivity index is 1.72. The van der Waals surface area contributed by atoms with E-state index in [1.54, 1.807) is 7.11 Å². The zero-order valence-electron chi connectivity index (χ0n) is 15.8. The fourth-order valence-electron chi connectivity index (χ4n) is 7.37. The maximum Gasteiger partial charge on any atom is 0.0958 e. The van der Waals surface area contributed by atoms with Crippen molar-refractivity contribution in [3.05, 3.63) is 23.5 Å². The molecule has 1 N–H and O–H groups in total. The number of hydrogen-bond donors (Lipinski definition) is 1. The second kappa shape index (κ2) is 5.62. The van der Waals surface area contributed by atoms with Crippen molar-refractivity contribution in [1.82, 2.24) is 0 Å². The molecule has 0 bridgehead atoms. The lowest BCUT2D eigenvalue weighted by Gasteiger charge is -2.58. The van der Waals surface area contributed by atoms with Gasteiger partial charge < -0.3 is 9.84 Å². The highest BCUT2D eigenvalue weighted by atomic mass is 16.5. The summed E-state index contributed by atoms with van der Waals surface area (Å²) in [6, 6.07) is 0. The summed E-state index contributed by atoms with van der Waals surface area (Å²) in [5.41, 5.74) is 1.93. The minimum Gasteiger partial charge on any atom is -0.501 e. The summed E-state index contributed by atoms with van der Waals surface area (Å²) in [5.74, 6) is 3.82. The molecule has 0 saturated heterocycles. The molecule has 4 aliphatic carbocycles. The monoisotopic (exact) mass is 330 g/mol. The van der Waals surface area contributed by atoms with Gasteiger partial charge in [-0.05, 0) is 78.3 Å². The Bertz CT molecular complexity index is 577. The van der Waals surface area contributed by atoms with Crippen molar-refractivity contribution in [3.8, 4) is 0 Å². The van der Waals surface area contributed by atoms with E-state index in [1.165, 1.54) is 24.8 Å². The fourth-order valence-corrected chi connectivity index (χ4v) is 7.37. The van der Waals surface area contributed by atoms with E-state index in [4.69, 9.17) is 4.74 Å². The van der Waals surface area contributed by atoms with Gasteiger partial charge in [0.1, 0.15) is 0 Å². The highest BCUT2D eigenvalue weighted by molar-refractivity contribution is 5.36. The van der Waals surface area contributed by atoms with Crippen molar-refractivity contribution < 1.29 is 9.84 Å². The molecule has 0 aromatic rings. The van der Waals surface area contributed by atoms with Crippen LogP contribution in [-0.2, 0) is 4.74 Å². The van der Waals surface area contributed by atoms with Gasteiger partial charge in [-0.25, -0.2) is 0 Å². The molecule has 2 heteroatoms. The predicted octanol–water partition coefficient (Wildman–Crippen LogP) is 5.09. The van der Waals surface area contributed by atoms with Gasteiger partial charge in [-0.1, -0.05) is 33.3 Å². The van der Waals surface area contributed by atoms with Gasteiger partial charge in [-0.2, -0.15) is 0 Å². The summed E-state index contributed by atoms with van der Waals surface area (Å²) in [4.78, 5) is 0. The summed E-state index contributed by atoms with van der Waals surface area (Å²) in [5, 5.41) is 11.3. The van der Waals surface area contributed by atoms with Crippen LogP contribution >= 0.6 is 0 Å². The molecule has 4 rings (SSSR count). The molecule has 0 aliphatic heterocycles. The first kappa shape index (κ1) is 16.7. The normalized spacial score (nSPS) is 50.3. The summed E-state index contributed by atoms with van der Waals surface area (Å²) in [7, 11) is 1.78. The molecule has 4 aliphatic rings. The Morgan fingerprint density at radius 2 is 2.08 bits per heavy atom. The van der Waals surface area contributed by atoms with E-state index in [9.17, 15) is 5.11 Å². The van der Waals surface area contributed by atoms with Crippen molar-refractivity contribution in [3.63, 3.8) is 0 Å². The van der Waals surface area contributed by atoms with Crippen LogP contribution in [0, 0.1) is 34.5 Å². The molecule has 24 heavy (non-hydrogen) atoms. The smallest absolute Gasteiger partial charge is 0.0958 e. The van der Waals surface area contributed by atoms with Crippen LogP contribution in [0.25, 0.3) is 0 Å². The van der Waals surface area contributed by atoms with Crippen molar-refractivity contribution >= 4 is 0 Å². The Labute approximate surface area is 147 Å². The second-order valence-corrected chi connectivity index (χ2v) is 9.38. The van der Waals surface area contributed by atoms with Gasteiger partial charge in [-0.15, -0.1) is 0 Å². The molecular weight excluding hydrogens is 296 g/mol. The maximum absolute atomic E-state index is 11.3. The zero-order valence-corrected chi connectivity index (χ0v) is 15.8. The van der Waals surface area contributed by atoms with Crippen LogP contribution in [-0.4, -0.2) is 18.3 Å². The van der Waals surface area contributed by atoms with Crippen LogP contribution < -0.4 is 0 Å². The Kier molecular flexibility index (Phi) is 3.91. The Morgan fingerprint density at radius 3 is 2.79 bits per heavy atom. The van der Waals surface area contributed by atoms with Gasteiger partial charge in [0, 0.05) is 6.42 Å². The van der Waals surface area contributed by atoms with Crippen LogP contribution in [0.4, 0.5) is 0 Å². The van der Waals surface area contributed by atoms with Crippen molar-refractivity contribution in [2.75, 3.05) is 7.11 Å². The molecule has 0 heterocycles. The molecule has 0 amide bonds. The molecule has 134 valence electrons. The van der Waals surface area contributed by atoms with Gasteiger partial charge in [-0.3, -0.25) is 0 Å². The number of aliphatic hydroxyl groups is 1. The number of ether oxygens (including phenoxy) is 1. The minimum atomic E-state index is -0.144. The average Bonchev–Trinajstić information content (AvgIpc) is 2.89. The molecule has 1 unspecified atom stereocenters. The number of methoxy groups -OCH3 is 1. The first-order valence-corrected chi connectivity index (χ1v) is 10.1. The SMILES string of the molecule is CC[C@H]1CC[C@H]2[C@@H]3CC=C4C=C(OC)CC[C@]4(C)[C@H]3C(O)C[C@]12C. The van der Waals surface area contributed by atoms with Gasteiger partial charge in [0.05, 0.1) is 19.0 Å². The van der Waals surface area contributed by atoms with Crippen LogP contribution in [0.2, 0.25) is 0 Å². The Morgan fingerprint density at radius 1 is 1.29 bits per heavy atom. The van der Waals surface area contributed by atoms with Crippen molar-refractivity contribution in [2.45, 2.75) is 71.8 Å². The van der Waals surface area contributed by atoms with E-state index >= 15 is 0 Å². The van der Waals surface area contributed by atoms with Crippen LogP contribution in [0.5, 0.6) is 0 Å². The van der Waals surface area contributed by atoms with Gasteiger partial charge in [0.15, 0.2) is 0 Å². The predicted molar refractivity (Wildman–Crippen MR) is 97.3 cm³/mol. The third-order valence-corrected chi connectivity index (χ3v) is 8.61. The van der Waals surface area contributed by atoms with E-state index < -0.39 is 0 Å². The lowest BCUT2D eigenvalue weighted by atomic mass is 9.47. The quantitative estimate of drug-likeness (QED) is 0.764. The number of hydrogen-bond acceptors (Lipinski definition) is 2. The summed E-state index contributed by atoms with van der Waals surface area (Å²) >= 11 is 0. The third-order valence-electron chi connectivity index (χ3n) is 8.61. The lowest BCUT2D eigenvalue weighted by Crippen LogP contribution is -2.55. The number of allylic oxidation sites excluding steroid dienone is 4. The number of fused-ring (bicyclic) bond motifs is 5. The standard InChI is InChI=1S/C22H34O2/c1-5-14-7-9-18-17-8-6-15-12-16(24-4)10-11-21(15,2)20(17)19(23)13-22(14,18)3/h6,12,14,17-20,23H,5,7-11,13H2,1-4H3/t14-,17-,18-,19?,20+,21-,22+/m0/s1. The van der Waals surface area contributed by atoms with E-state index in [1.807, 2.05) is 0 Å². The van der Waals surface area contributed by atoms with Crippen LogP contribution in [0.3, 0.4) is 0 Å². The largest absolute Gasteiger partial charge is 0.501 e. The molecule has 7 atom stereocenters. The molecule has 0 aromatic heterocycles. The summed E-state index contributed by atoms with van der Waals surface area (Å²) in [6.45, 7) is 7.25. The highest BCUT2D eigenvalue weighted by Crippen LogP contribution is 2.66. The molecule has 0 radical (unpaired) electrons. The maximum atomic E-state index is 11.3. The number of rotatable bonds is 2. The van der Waals surface area contributed by atoms with E-state index in [0.29, 0.717) is 17.3 Å². The second-order valence-electron chi connectivity index (χ2n) is 9.38. The fraction of sp³-hybridized carbons (Fsp3) is 0.818. The Hall–Kier alpha value is -0.760. The lowest BCUT2D eigenvalue weighted by molar-refractivity contribution is -0.118. The minimum absolute atomic E-state index is 0.135. The molecule has 2 nitrogen and oxygen atoms in total. The van der Waals surface area contributed by atoms with Crippen molar-refractivity contribution in [1.29, 1.82) is 0 Å². The molecule has 2 saturated carbocycles. The van der Waals surface area contributed by atoms with Gasteiger partial charge >= 0.3 is 0 Å². The number of aliphatic hydroxyl groups excluding tert-OH is 1. The highest BCUT2D eigenvalue weighted by Gasteiger charge is 2.60. The van der Waals surface area contributed by atoms with Gasteiger partial charge in [0.2, 0.25) is 0 Å². The van der Waals surface area contributed by atoms with Crippen molar-refractivity contribution in [2.24, 2.45) is 34.5 Å². The average molecular weight is 331 g/mol. The molecule has 0 aromatic carbocycles. The zero-order chi connectivity index (χ0) is 17.1. The molecule has 2 fully saturated rings. The topological polar surface area (TPSA) is 29.5 Å². The van der Waals surface area contributed by atoms with Gasteiger partial charge in [0.25, 0.3) is 0 Å². The van der Waals surface area contributed by atoms with Crippen LogP contribution in [0.15, 0.2) is 23.5 Å². The van der Waals surface area contributed by atoms with E-state index in [-0.39, 0.29) is 11.5 Å². The molecule has 0 spiro atoms. The summed E-state index contributed by atoms with van der Waals surface area (Å²) < 4.78 is 5.52. The van der Waals surface area contributed by atoms with Crippen LogP contribution in [0.1, 0.15) is 65.7 Å². The first-order chi connectivity index (χ1) is 11.4.